The number of hydrogen-bond donors (Lipinski definition) is 0. The van der Waals surface area contributed by atoms with Crippen LogP contribution in [0.3, 0.4) is 0 Å². The fourth-order valence-corrected chi connectivity index (χ4v) is 3.54. The van der Waals surface area contributed by atoms with Gasteiger partial charge in [0.05, 0.1) is 17.2 Å². The highest BCUT2D eigenvalue weighted by molar-refractivity contribution is 6.30. The number of halogens is 1. The molecule has 0 spiro atoms. The Labute approximate surface area is 175 Å². The lowest BCUT2D eigenvalue weighted by Crippen LogP contribution is -2.19. The van der Waals surface area contributed by atoms with Gasteiger partial charge in [0.15, 0.2) is 11.3 Å². The maximum Gasteiger partial charge on any atom is 0.265 e. The average molecular weight is 415 g/mol. The van der Waals surface area contributed by atoms with Crippen molar-refractivity contribution in [3.63, 3.8) is 0 Å². The predicted octanol–water partition coefficient (Wildman–Crippen LogP) is 4.02. The topological polar surface area (TPSA) is 78.0 Å². The minimum absolute atomic E-state index is 0.216. The SMILES string of the molecule is C=CCn1cnc2c(c1=O)c1nc3ccccc3nc1n2/N=C/c1cccc(Cl)c1. The Morgan fingerprint density at radius 3 is 2.63 bits per heavy atom. The van der Waals surface area contributed by atoms with E-state index >= 15 is 0 Å². The molecule has 3 aromatic heterocycles. The van der Waals surface area contributed by atoms with Gasteiger partial charge in [-0.05, 0) is 29.8 Å². The van der Waals surface area contributed by atoms with Crippen molar-refractivity contribution >= 4 is 51.0 Å². The molecule has 0 radical (unpaired) electrons. The van der Waals surface area contributed by atoms with Crippen molar-refractivity contribution in [2.45, 2.75) is 6.54 Å². The van der Waals surface area contributed by atoms with Crippen LogP contribution >= 0.6 is 11.6 Å². The van der Waals surface area contributed by atoms with Crippen LogP contribution in [0.1, 0.15) is 5.56 Å². The Morgan fingerprint density at radius 1 is 1.07 bits per heavy atom. The third kappa shape index (κ3) is 2.96. The lowest BCUT2D eigenvalue weighted by atomic mass is 10.2. The summed E-state index contributed by atoms with van der Waals surface area (Å²) < 4.78 is 3.03. The van der Waals surface area contributed by atoms with E-state index in [9.17, 15) is 4.79 Å². The maximum atomic E-state index is 13.1. The van der Waals surface area contributed by atoms with E-state index in [1.165, 1.54) is 10.9 Å². The van der Waals surface area contributed by atoms with Crippen molar-refractivity contribution in [3.05, 3.63) is 88.5 Å². The first-order valence-electron chi connectivity index (χ1n) is 9.23. The lowest BCUT2D eigenvalue weighted by Gasteiger charge is -2.01. The molecule has 0 aliphatic heterocycles. The zero-order chi connectivity index (χ0) is 20.7. The van der Waals surface area contributed by atoms with E-state index in [0.29, 0.717) is 44.8 Å². The smallest absolute Gasteiger partial charge is 0.265 e. The molecule has 30 heavy (non-hydrogen) atoms. The monoisotopic (exact) mass is 414 g/mol. The first-order chi connectivity index (χ1) is 14.7. The molecular weight excluding hydrogens is 400 g/mol. The van der Waals surface area contributed by atoms with Gasteiger partial charge in [-0.15, -0.1) is 6.58 Å². The third-order valence-corrected chi connectivity index (χ3v) is 4.94. The Morgan fingerprint density at radius 2 is 1.87 bits per heavy atom. The Hall–Kier alpha value is -3.84. The summed E-state index contributed by atoms with van der Waals surface area (Å²) in [6.07, 6.45) is 4.78. The molecule has 0 saturated carbocycles. The second-order valence-corrected chi connectivity index (χ2v) is 7.12. The van der Waals surface area contributed by atoms with Gasteiger partial charge in [0.25, 0.3) is 5.56 Å². The number of para-hydroxylation sites is 2. The molecule has 7 nitrogen and oxygen atoms in total. The summed E-state index contributed by atoms with van der Waals surface area (Å²) in [4.78, 5) is 27.0. The number of benzene rings is 2. The maximum absolute atomic E-state index is 13.1. The Balaban J connectivity index is 1.85. The summed E-state index contributed by atoms with van der Waals surface area (Å²) in [5.41, 5.74) is 3.31. The van der Waals surface area contributed by atoms with Gasteiger partial charge < -0.3 is 0 Å². The number of rotatable bonds is 4. The lowest BCUT2D eigenvalue weighted by molar-refractivity contribution is 0.763. The highest BCUT2D eigenvalue weighted by Gasteiger charge is 2.19. The van der Waals surface area contributed by atoms with Crippen LogP contribution < -0.4 is 5.56 Å². The minimum atomic E-state index is -0.216. The quantitative estimate of drug-likeness (QED) is 0.329. The summed E-state index contributed by atoms with van der Waals surface area (Å²) in [6, 6.07) is 14.8. The molecular formula is C22H15ClN6O. The van der Waals surface area contributed by atoms with E-state index < -0.39 is 0 Å². The number of allylic oxidation sites excluding steroid dienone is 1. The molecule has 0 aliphatic rings. The summed E-state index contributed by atoms with van der Waals surface area (Å²) in [7, 11) is 0. The number of nitrogens with zero attached hydrogens (tertiary/aromatic N) is 6. The van der Waals surface area contributed by atoms with E-state index in [0.717, 1.165) is 5.56 Å². The number of aromatic nitrogens is 5. The van der Waals surface area contributed by atoms with Crippen molar-refractivity contribution in [2.75, 3.05) is 0 Å². The van der Waals surface area contributed by atoms with E-state index in [1.807, 2.05) is 36.4 Å². The fraction of sp³-hybridized carbons (Fsp3) is 0.0455. The molecule has 0 fully saturated rings. The van der Waals surface area contributed by atoms with Crippen LogP contribution in [-0.2, 0) is 6.54 Å². The largest absolute Gasteiger partial charge is 0.295 e. The molecule has 0 amide bonds. The Bertz CT molecular complexity index is 1530. The summed E-state index contributed by atoms with van der Waals surface area (Å²) >= 11 is 6.07. The molecule has 5 aromatic rings. The van der Waals surface area contributed by atoms with Gasteiger partial charge >= 0.3 is 0 Å². The van der Waals surface area contributed by atoms with E-state index in [1.54, 1.807) is 29.1 Å². The molecule has 2 aromatic carbocycles. The van der Waals surface area contributed by atoms with Gasteiger partial charge in [-0.1, -0.05) is 41.9 Å². The highest BCUT2D eigenvalue weighted by Crippen LogP contribution is 2.24. The normalized spacial score (nSPS) is 11.8. The number of fused-ring (bicyclic) bond motifs is 4. The molecule has 5 rings (SSSR count). The molecule has 0 atom stereocenters. The minimum Gasteiger partial charge on any atom is -0.295 e. The van der Waals surface area contributed by atoms with Gasteiger partial charge in [-0.2, -0.15) is 9.78 Å². The standard InChI is InChI=1S/C22H15ClN6O/c1-2-10-28-13-24-20-18(22(28)30)19-21(27-17-9-4-3-8-16(17)26-19)29(20)25-12-14-6-5-7-15(23)11-14/h2-9,11-13H,1,10H2/b25-12+. The van der Waals surface area contributed by atoms with Crippen LogP contribution in [-0.4, -0.2) is 30.4 Å². The zero-order valence-corrected chi connectivity index (χ0v) is 16.5. The van der Waals surface area contributed by atoms with Crippen LogP contribution in [0.25, 0.3) is 33.2 Å². The first-order valence-corrected chi connectivity index (χ1v) is 9.60. The third-order valence-electron chi connectivity index (χ3n) is 4.70. The Kier molecular flexibility index (Phi) is 4.37. The molecule has 0 saturated heterocycles. The van der Waals surface area contributed by atoms with E-state index in [-0.39, 0.29) is 5.56 Å². The average Bonchev–Trinajstić information content (AvgIpc) is 3.06. The molecule has 0 N–H and O–H groups in total. The van der Waals surface area contributed by atoms with Gasteiger partial charge in [0.1, 0.15) is 17.2 Å². The second kappa shape index (κ2) is 7.20. The van der Waals surface area contributed by atoms with Crippen LogP contribution in [0, 0.1) is 0 Å². The second-order valence-electron chi connectivity index (χ2n) is 6.69. The summed E-state index contributed by atoms with van der Waals surface area (Å²) in [5, 5.41) is 5.54. The van der Waals surface area contributed by atoms with Crippen molar-refractivity contribution < 1.29 is 0 Å². The molecule has 0 aliphatic carbocycles. The molecule has 8 heteroatoms. The van der Waals surface area contributed by atoms with Crippen LogP contribution in [0.5, 0.6) is 0 Å². The van der Waals surface area contributed by atoms with Crippen molar-refractivity contribution in [1.82, 2.24) is 24.2 Å². The van der Waals surface area contributed by atoms with Gasteiger partial charge in [0, 0.05) is 11.6 Å². The van der Waals surface area contributed by atoms with Crippen molar-refractivity contribution in [3.8, 4) is 0 Å². The van der Waals surface area contributed by atoms with Gasteiger partial charge in [-0.25, -0.2) is 15.0 Å². The van der Waals surface area contributed by atoms with E-state index in [2.05, 4.69) is 16.7 Å². The van der Waals surface area contributed by atoms with Crippen LogP contribution in [0.15, 0.2) is 77.4 Å². The zero-order valence-electron chi connectivity index (χ0n) is 15.7. The van der Waals surface area contributed by atoms with Gasteiger partial charge in [-0.3, -0.25) is 9.36 Å². The summed E-state index contributed by atoms with van der Waals surface area (Å²) in [5.74, 6) is 0. The van der Waals surface area contributed by atoms with Crippen LogP contribution in [0.2, 0.25) is 5.02 Å². The highest BCUT2D eigenvalue weighted by atomic mass is 35.5. The fourth-order valence-electron chi connectivity index (χ4n) is 3.34. The predicted molar refractivity (Wildman–Crippen MR) is 119 cm³/mol. The van der Waals surface area contributed by atoms with Gasteiger partial charge in [0.2, 0.25) is 0 Å². The number of hydrogen-bond acceptors (Lipinski definition) is 5. The molecule has 146 valence electrons. The molecule has 0 bridgehead atoms. The molecule has 3 heterocycles. The van der Waals surface area contributed by atoms with Crippen molar-refractivity contribution in [1.29, 1.82) is 0 Å². The van der Waals surface area contributed by atoms with E-state index in [4.69, 9.17) is 21.6 Å². The molecule has 0 unspecified atom stereocenters. The van der Waals surface area contributed by atoms with Crippen molar-refractivity contribution in [2.24, 2.45) is 5.10 Å². The summed E-state index contributed by atoms with van der Waals surface area (Å²) in [6.45, 7) is 4.05. The van der Waals surface area contributed by atoms with Crippen LogP contribution in [0.4, 0.5) is 0 Å². The first kappa shape index (κ1) is 18.2.